The Hall–Kier alpha value is -0.700. The summed E-state index contributed by atoms with van der Waals surface area (Å²) in [5.41, 5.74) is 3.24. The lowest BCUT2D eigenvalue weighted by Gasteiger charge is -2.09. The van der Waals surface area contributed by atoms with Crippen LogP contribution in [0, 0.1) is 6.92 Å². The molecule has 1 N–H and O–H groups in total. The van der Waals surface area contributed by atoms with E-state index in [0.717, 1.165) is 20.7 Å². The molecule has 0 amide bonds. The molecule has 0 radical (unpaired) electrons. The highest BCUT2D eigenvalue weighted by Gasteiger charge is 2.02. The van der Waals surface area contributed by atoms with Crippen LogP contribution < -0.4 is 5.32 Å². The minimum atomic E-state index is 0.648. The maximum atomic E-state index is 6.11. The molecule has 4 heteroatoms. The van der Waals surface area contributed by atoms with Crippen molar-refractivity contribution in [2.75, 3.05) is 5.32 Å². The number of rotatable bonds is 3. The molecule has 0 aliphatic rings. The summed E-state index contributed by atoms with van der Waals surface area (Å²) in [6.45, 7) is 2.70. The van der Waals surface area contributed by atoms with Gasteiger partial charge in [-0.3, -0.25) is 0 Å². The van der Waals surface area contributed by atoms with Crippen LogP contribution in [0.1, 0.15) is 11.1 Å². The third-order valence-corrected chi connectivity index (χ3v) is 4.12. The highest BCUT2D eigenvalue weighted by molar-refractivity contribution is 9.10. The Balaban J connectivity index is 2.11. The van der Waals surface area contributed by atoms with Crippen LogP contribution in [0.3, 0.4) is 0 Å². The Morgan fingerprint density at radius 2 is 1.89 bits per heavy atom. The highest BCUT2D eigenvalue weighted by atomic mass is 79.9. The summed E-state index contributed by atoms with van der Waals surface area (Å²) in [5.74, 6) is 0. The van der Waals surface area contributed by atoms with Gasteiger partial charge in [-0.1, -0.05) is 45.2 Å². The van der Waals surface area contributed by atoms with E-state index in [4.69, 9.17) is 23.2 Å². The average Bonchev–Trinajstić information content (AvgIpc) is 2.34. The van der Waals surface area contributed by atoms with E-state index in [0.29, 0.717) is 11.6 Å². The molecule has 0 atom stereocenters. The molecule has 94 valence electrons. The molecule has 0 fully saturated rings. The SMILES string of the molecule is Cc1ccc(NCc2cc(Cl)ccc2Cl)cc1Br. The van der Waals surface area contributed by atoms with Crippen molar-refractivity contribution in [2.45, 2.75) is 13.5 Å². The quantitative estimate of drug-likeness (QED) is 0.755. The smallest absolute Gasteiger partial charge is 0.0456 e. The molecule has 0 aliphatic carbocycles. The first-order valence-electron chi connectivity index (χ1n) is 5.50. The number of nitrogens with one attached hydrogen (secondary N) is 1. The van der Waals surface area contributed by atoms with Crippen molar-refractivity contribution in [2.24, 2.45) is 0 Å². The molecule has 0 aromatic heterocycles. The first kappa shape index (κ1) is 13.7. The fraction of sp³-hybridized carbons (Fsp3) is 0.143. The molecule has 2 aromatic carbocycles. The Morgan fingerprint density at radius 3 is 2.61 bits per heavy atom. The number of aryl methyl sites for hydroxylation is 1. The van der Waals surface area contributed by atoms with E-state index in [1.165, 1.54) is 5.56 Å². The molecule has 0 unspecified atom stereocenters. The summed E-state index contributed by atoms with van der Waals surface area (Å²) in [6.07, 6.45) is 0. The summed E-state index contributed by atoms with van der Waals surface area (Å²) < 4.78 is 1.09. The first-order chi connectivity index (χ1) is 8.56. The van der Waals surface area contributed by atoms with Gasteiger partial charge in [-0.25, -0.2) is 0 Å². The summed E-state index contributed by atoms with van der Waals surface area (Å²) in [4.78, 5) is 0. The van der Waals surface area contributed by atoms with E-state index in [-0.39, 0.29) is 0 Å². The fourth-order valence-electron chi connectivity index (χ4n) is 1.58. The van der Waals surface area contributed by atoms with E-state index in [2.05, 4.69) is 34.2 Å². The largest absolute Gasteiger partial charge is 0.381 e. The maximum Gasteiger partial charge on any atom is 0.0456 e. The van der Waals surface area contributed by atoms with Crippen molar-refractivity contribution in [3.63, 3.8) is 0 Å². The van der Waals surface area contributed by atoms with Crippen molar-refractivity contribution in [1.29, 1.82) is 0 Å². The van der Waals surface area contributed by atoms with Gasteiger partial charge >= 0.3 is 0 Å². The van der Waals surface area contributed by atoms with Gasteiger partial charge in [0.15, 0.2) is 0 Å². The van der Waals surface area contributed by atoms with Crippen LogP contribution in [0.2, 0.25) is 10.0 Å². The van der Waals surface area contributed by atoms with Crippen LogP contribution in [0.4, 0.5) is 5.69 Å². The Bertz CT molecular complexity index is 570. The van der Waals surface area contributed by atoms with Gasteiger partial charge in [-0.2, -0.15) is 0 Å². The Morgan fingerprint density at radius 1 is 1.11 bits per heavy atom. The summed E-state index contributed by atoms with van der Waals surface area (Å²) in [5, 5.41) is 4.74. The van der Waals surface area contributed by atoms with Crippen LogP contribution >= 0.6 is 39.1 Å². The van der Waals surface area contributed by atoms with Crippen LogP contribution in [-0.2, 0) is 6.54 Å². The molecule has 0 bridgehead atoms. The summed E-state index contributed by atoms with van der Waals surface area (Å²) in [6, 6.07) is 11.6. The average molecular weight is 345 g/mol. The van der Waals surface area contributed by atoms with E-state index in [9.17, 15) is 0 Å². The second-order valence-corrected chi connectivity index (χ2v) is 5.75. The first-order valence-corrected chi connectivity index (χ1v) is 7.05. The molecule has 2 rings (SSSR count). The fourth-order valence-corrected chi connectivity index (χ4v) is 2.34. The summed E-state index contributed by atoms with van der Waals surface area (Å²) in [7, 11) is 0. The lowest BCUT2D eigenvalue weighted by molar-refractivity contribution is 1.15. The Labute approximate surface area is 125 Å². The van der Waals surface area contributed by atoms with Gasteiger partial charge in [-0.05, 0) is 48.4 Å². The molecule has 0 aliphatic heterocycles. The van der Waals surface area contributed by atoms with Crippen molar-refractivity contribution < 1.29 is 0 Å². The second-order valence-electron chi connectivity index (χ2n) is 4.05. The van der Waals surface area contributed by atoms with E-state index < -0.39 is 0 Å². The third kappa shape index (κ3) is 3.41. The molecule has 1 nitrogen and oxygen atoms in total. The van der Waals surface area contributed by atoms with Gasteiger partial charge in [0, 0.05) is 26.8 Å². The van der Waals surface area contributed by atoms with Crippen molar-refractivity contribution in [3.05, 3.63) is 62.0 Å². The lowest BCUT2D eigenvalue weighted by atomic mass is 10.2. The molecule has 2 aromatic rings. The van der Waals surface area contributed by atoms with E-state index in [1.807, 2.05) is 24.3 Å². The van der Waals surface area contributed by atoms with Gasteiger partial charge < -0.3 is 5.32 Å². The summed E-state index contributed by atoms with van der Waals surface area (Å²) >= 11 is 15.6. The van der Waals surface area contributed by atoms with Crippen LogP contribution in [-0.4, -0.2) is 0 Å². The predicted octanol–water partition coefficient (Wildman–Crippen LogP) is 5.68. The number of hydrogen-bond donors (Lipinski definition) is 1. The van der Waals surface area contributed by atoms with Crippen LogP contribution in [0.5, 0.6) is 0 Å². The molecule has 0 saturated heterocycles. The third-order valence-electron chi connectivity index (χ3n) is 2.66. The maximum absolute atomic E-state index is 6.11. The molecular formula is C14H12BrCl2N. The monoisotopic (exact) mass is 343 g/mol. The molecule has 0 spiro atoms. The van der Waals surface area contributed by atoms with Gasteiger partial charge in [0.1, 0.15) is 0 Å². The minimum Gasteiger partial charge on any atom is -0.381 e. The second kappa shape index (κ2) is 5.96. The number of hydrogen-bond acceptors (Lipinski definition) is 1. The molecule has 0 saturated carbocycles. The van der Waals surface area contributed by atoms with Crippen molar-refractivity contribution in [3.8, 4) is 0 Å². The standard InChI is InChI=1S/C14H12BrCl2N/c1-9-2-4-12(7-13(9)15)18-8-10-6-11(16)3-5-14(10)17/h2-7,18H,8H2,1H3. The topological polar surface area (TPSA) is 12.0 Å². The zero-order chi connectivity index (χ0) is 13.1. The van der Waals surface area contributed by atoms with Gasteiger partial charge in [0.2, 0.25) is 0 Å². The van der Waals surface area contributed by atoms with Gasteiger partial charge in [-0.15, -0.1) is 0 Å². The van der Waals surface area contributed by atoms with Gasteiger partial charge in [0.25, 0.3) is 0 Å². The zero-order valence-corrected chi connectivity index (χ0v) is 12.9. The van der Waals surface area contributed by atoms with Crippen molar-refractivity contribution >= 4 is 44.8 Å². The molecule has 0 heterocycles. The normalized spacial score (nSPS) is 10.4. The van der Waals surface area contributed by atoms with Gasteiger partial charge in [0.05, 0.1) is 0 Å². The number of halogens is 3. The van der Waals surface area contributed by atoms with E-state index >= 15 is 0 Å². The van der Waals surface area contributed by atoms with Crippen LogP contribution in [0.15, 0.2) is 40.9 Å². The Kier molecular flexibility index (Phi) is 4.55. The van der Waals surface area contributed by atoms with Crippen molar-refractivity contribution in [1.82, 2.24) is 0 Å². The highest BCUT2D eigenvalue weighted by Crippen LogP contribution is 2.24. The number of anilines is 1. The minimum absolute atomic E-state index is 0.648. The lowest BCUT2D eigenvalue weighted by Crippen LogP contribution is -2.00. The van der Waals surface area contributed by atoms with E-state index in [1.54, 1.807) is 6.07 Å². The van der Waals surface area contributed by atoms with Crippen LogP contribution in [0.25, 0.3) is 0 Å². The zero-order valence-electron chi connectivity index (χ0n) is 9.81. The molecular weight excluding hydrogens is 333 g/mol. The predicted molar refractivity (Wildman–Crippen MR) is 82.7 cm³/mol. The number of benzene rings is 2. The molecule has 18 heavy (non-hydrogen) atoms.